The number of nitrogens with two attached hydrogens (primary N) is 1. The van der Waals surface area contributed by atoms with Crippen LogP contribution in [0.1, 0.15) is 26.3 Å². The molecule has 0 aliphatic heterocycles. The van der Waals surface area contributed by atoms with Crippen molar-refractivity contribution in [2.75, 3.05) is 11.9 Å². The van der Waals surface area contributed by atoms with E-state index in [2.05, 4.69) is 48.6 Å². The molecule has 0 amide bonds. The molecule has 3 N–H and O–H groups in total. The molecule has 4 heteroatoms. The molecule has 0 saturated heterocycles. The third-order valence-electron chi connectivity index (χ3n) is 3.21. The zero-order chi connectivity index (χ0) is 13.2. The van der Waals surface area contributed by atoms with Crippen LogP contribution < -0.4 is 10.6 Å². The van der Waals surface area contributed by atoms with Gasteiger partial charge in [-0.05, 0) is 47.0 Å². The molecule has 1 atom stereocenters. The highest BCUT2D eigenvalue weighted by Crippen LogP contribution is 2.29. The summed E-state index contributed by atoms with van der Waals surface area (Å²) >= 11 is 3.54. The zero-order valence-corrected chi connectivity index (χ0v) is 12.4. The Morgan fingerprint density at radius 1 is 1.35 bits per heavy atom. The number of nitrogens with one attached hydrogen (secondary N) is 1. The summed E-state index contributed by atoms with van der Waals surface area (Å²) in [7, 11) is 2.08. The summed E-state index contributed by atoms with van der Waals surface area (Å²) in [6, 6.07) is 6.22. The fourth-order valence-corrected chi connectivity index (χ4v) is 2.29. The first-order valence-corrected chi connectivity index (χ1v) is 6.50. The first kappa shape index (κ1) is 14.0. The number of rotatable bonds is 4. The van der Waals surface area contributed by atoms with Crippen molar-refractivity contribution >= 4 is 27.5 Å². The molecular formula is C13H20BrN3. The fraction of sp³-hybridized carbons (Fsp3) is 0.462. The van der Waals surface area contributed by atoms with Crippen LogP contribution >= 0.6 is 15.9 Å². The van der Waals surface area contributed by atoms with E-state index in [0.29, 0.717) is 12.0 Å². The predicted octanol–water partition coefficient (Wildman–Crippen LogP) is 3.21. The minimum absolute atomic E-state index is 0.0943. The highest BCUT2D eigenvalue weighted by Gasteiger charge is 2.16. The van der Waals surface area contributed by atoms with Gasteiger partial charge in [0.2, 0.25) is 0 Å². The van der Waals surface area contributed by atoms with Crippen LogP contribution in [0.3, 0.4) is 0 Å². The van der Waals surface area contributed by atoms with E-state index in [-0.39, 0.29) is 5.84 Å². The molecule has 0 aromatic heterocycles. The van der Waals surface area contributed by atoms with Crippen molar-refractivity contribution in [2.24, 2.45) is 11.7 Å². The van der Waals surface area contributed by atoms with E-state index in [9.17, 15) is 0 Å². The second kappa shape index (κ2) is 5.54. The van der Waals surface area contributed by atoms with Gasteiger partial charge >= 0.3 is 0 Å². The van der Waals surface area contributed by atoms with Crippen molar-refractivity contribution in [3.8, 4) is 0 Å². The Bertz CT molecular complexity index is 415. The molecule has 3 nitrogen and oxygen atoms in total. The molecule has 0 spiro atoms. The topological polar surface area (TPSA) is 53.1 Å². The highest BCUT2D eigenvalue weighted by atomic mass is 79.9. The number of halogens is 1. The summed E-state index contributed by atoms with van der Waals surface area (Å²) in [5.41, 5.74) is 7.33. The Hall–Kier alpha value is -1.03. The maximum Gasteiger partial charge on any atom is 0.122 e. The normalized spacial score (nSPS) is 12.6. The van der Waals surface area contributed by atoms with E-state index in [0.717, 1.165) is 15.7 Å². The van der Waals surface area contributed by atoms with E-state index >= 15 is 0 Å². The van der Waals surface area contributed by atoms with Crippen molar-refractivity contribution in [3.05, 3.63) is 28.2 Å². The van der Waals surface area contributed by atoms with Gasteiger partial charge in [0.1, 0.15) is 5.84 Å². The monoisotopic (exact) mass is 297 g/mol. The number of hydrogen-bond donors (Lipinski definition) is 2. The molecule has 0 saturated carbocycles. The van der Waals surface area contributed by atoms with Gasteiger partial charge in [-0.2, -0.15) is 0 Å². The van der Waals surface area contributed by atoms with E-state index in [1.807, 2.05) is 18.2 Å². The first-order chi connectivity index (χ1) is 7.84. The van der Waals surface area contributed by atoms with Gasteiger partial charge in [0, 0.05) is 23.1 Å². The van der Waals surface area contributed by atoms with Crippen molar-refractivity contribution < 1.29 is 0 Å². The molecule has 0 aliphatic carbocycles. The lowest BCUT2D eigenvalue weighted by Crippen LogP contribution is -2.33. The number of benzene rings is 1. The van der Waals surface area contributed by atoms with Crippen molar-refractivity contribution in [1.82, 2.24) is 0 Å². The Labute approximate surface area is 112 Å². The predicted molar refractivity (Wildman–Crippen MR) is 77.9 cm³/mol. The molecule has 1 rings (SSSR count). The van der Waals surface area contributed by atoms with Crippen LogP contribution in [-0.2, 0) is 0 Å². The number of hydrogen-bond acceptors (Lipinski definition) is 2. The molecule has 1 aromatic carbocycles. The van der Waals surface area contributed by atoms with Crippen LogP contribution in [0.25, 0.3) is 0 Å². The van der Waals surface area contributed by atoms with Crippen molar-refractivity contribution in [2.45, 2.75) is 26.8 Å². The van der Waals surface area contributed by atoms with Crippen LogP contribution in [0, 0.1) is 11.3 Å². The number of nitrogen functional groups attached to an aromatic ring is 1. The van der Waals surface area contributed by atoms with Crippen LogP contribution in [0.2, 0.25) is 0 Å². The summed E-state index contributed by atoms with van der Waals surface area (Å²) < 4.78 is 0.972. The average molecular weight is 298 g/mol. The van der Waals surface area contributed by atoms with Gasteiger partial charge in [-0.3, -0.25) is 5.41 Å². The highest BCUT2D eigenvalue weighted by molar-refractivity contribution is 9.10. The lowest BCUT2D eigenvalue weighted by Gasteiger charge is -2.31. The molecule has 0 fully saturated rings. The average Bonchev–Trinajstić information content (AvgIpc) is 2.26. The quantitative estimate of drug-likeness (QED) is 0.662. The molecule has 17 heavy (non-hydrogen) atoms. The van der Waals surface area contributed by atoms with Crippen molar-refractivity contribution in [3.63, 3.8) is 0 Å². The third-order valence-corrected chi connectivity index (χ3v) is 3.85. The lowest BCUT2D eigenvalue weighted by molar-refractivity contribution is 0.505. The van der Waals surface area contributed by atoms with E-state index in [4.69, 9.17) is 11.1 Å². The standard InChI is InChI=1S/C13H20BrN3/c1-8(2)9(3)17(4)12-6-5-10(13(15)16)7-11(12)14/h5-9H,1-4H3,(H3,15,16). The van der Waals surface area contributed by atoms with Crippen LogP contribution in [0.5, 0.6) is 0 Å². The second-order valence-electron chi connectivity index (χ2n) is 4.68. The fourth-order valence-electron chi connectivity index (χ4n) is 1.63. The Balaban J connectivity index is 3.03. The largest absolute Gasteiger partial charge is 0.384 e. The molecule has 0 radical (unpaired) electrons. The van der Waals surface area contributed by atoms with Crippen LogP contribution in [0.15, 0.2) is 22.7 Å². The molecule has 0 heterocycles. The minimum Gasteiger partial charge on any atom is -0.384 e. The van der Waals surface area contributed by atoms with Gasteiger partial charge in [-0.1, -0.05) is 13.8 Å². The molecule has 1 aromatic rings. The summed E-state index contributed by atoms with van der Waals surface area (Å²) in [6.07, 6.45) is 0. The van der Waals surface area contributed by atoms with Gasteiger partial charge in [0.05, 0.1) is 5.69 Å². The van der Waals surface area contributed by atoms with Gasteiger partial charge in [-0.15, -0.1) is 0 Å². The number of anilines is 1. The van der Waals surface area contributed by atoms with E-state index < -0.39 is 0 Å². The summed E-state index contributed by atoms with van der Waals surface area (Å²) in [4.78, 5) is 2.23. The maximum absolute atomic E-state index is 7.41. The Kier molecular flexibility index (Phi) is 4.57. The molecule has 1 unspecified atom stereocenters. The van der Waals surface area contributed by atoms with Crippen LogP contribution in [0.4, 0.5) is 5.69 Å². The summed E-state index contributed by atoms with van der Waals surface area (Å²) in [6.45, 7) is 6.62. The zero-order valence-electron chi connectivity index (χ0n) is 10.8. The molecule has 0 aliphatic rings. The summed E-state index contributed by atoms with van der Waals surface area (Å²) in [5.74, 6) is 0.677. The SMILES string of the molecule is CC(C)C(C)N(C)c1ccc(C(=N)N)cc1Br. The van der Waals surface area contributed by atoms with Crippen molar-refractivity contribution in [1.29, 1.82) is 5.41 Å². The van der Waals surface area contributed by atoms with Gasteiger partial charge in [-0.25, -0.2) is 0 Å². The van der Waals surface area contributed by atoms with E-state index in [1.54, 1.807) is 0 Å². The number of nitrogens with zero attached hydrogens (tertiary/aromatic N) is 1. The first-order valence-electron chi connectivity index (χ1n) is 5.71. The van der Waals surface area contributed by atoms with Crippen LogP contribution in [-0.4, -0.2) is 18.9 Å². The molecule has 94 valence electrons. The molecule has 0 bridgehead atoms. The molecular weight excluding hydrogens is 278 g/mol. The van der Waals surface area contributed by atoms with Gasteiger partial charge < -0.3 is 10.6 Å². The maximum atomic E-state index is 7.41. The third kappa shape index (κ3) is 3.22. The number of amidine groups is 1. The summed E-state index contributed by atoms with van der Waals surface area (Å²) in [5, 5.41) is 7.41. The van der Waals surface area contributed by atoms with E-state index in [1.165, 1.54) is 0 Å². The smallest absolute Gasteiger partial charge is 0.122 e. The second-order valence-corrected chi connectivity index (χ2v) is 5.53. The lowest BCUT2D eigenvalue weighted by atomic mass is 10.0. The van der Waals surface area contributed by atoms with Gasteiger partial charge in [0.25, 0.3) is 0 Å². The Morgan fingerprint density at radius 3 is 2.35 bits per heavy atom. The Morgan fingerprint density at radius 2 is 1.94 bits per heavy atom. The minimum atomic E-state index is 0.0943. The van der Waals surface area contributed by atoms with Gasteiger partial charge in [0.15, 0.2) is 0 Å².